The minimum Gasteiger partial charge on any atom is -0.484 e. The molecule has 20 heavy (non-hydrogen) atoms. The second kappa shape index (κ2) is 6.57. The van der Waals surface area contributed by atoms with Gasteiger partial charge in [-0.15, -0.1) is 0 Å². The predicted octanol–water partition coefficient (Wildman–Crippen LogP) is 4.71. The van der Waals surface area contributed by atoms with Crippen LogP contribution in [0.3, 0.4) is 0 Å². The molecule has 0 radical (unpaired) electrons. The van der Waals surface area contributed by atoms with E-state index in [9.17, 15) is 4.39 Å². The second-order valence-corrected chi connectivity index (χ2v) is 5.91. The van der Waals surface area contributed by atoms with Crippen LogP contribution in [0, 0.1) is 5.82 Å². The molecule has 0 fully saturated rings. The average Bonchev–Trinajstić information content (AvgIpc) is 2.34. The summed E-state index contributed by atoms with van der Waals surface area (Å²) in [6.07, 6.45) is -0.401. The first kappa shape index (κ1) is 15.3. The van der Waals surface area contributed by atoms with Crippen LogP contribution in [0.1, 0.15) is 18.6 Å². The van der Waals surface area contributed by atoms with Crippen LogP contribution in [0.25, 0.3) is 0 Å². The van der Waals surface area contributed by atoms with Crippen molar-refractivity contribution in [2.75, 3.05) is 0 Å². The van der Waals surface area contributed by atoms with Crippen molar-refractivity contribution in [1.82, 2.24) is 0 Å². The second-order valence-electron chi connectivity index (χ2n) is 4.56. The number of benzene rings is 2. The standard InChI is InChI=1S/C15H14BrClFNO/c1-9(19)15(10-3-2-4-12(17)5-10)20-14-7-11(16)6-13(18)8-14/h2-9,15H,19H2,1H3. The summed E-state index contributed by atoms with van der Waals surface area (Å²) in [7, 11) is 0. The number of hydrogen-bond acceptors (Lipinski definition) is 2. The Labute approximate surface area is 130 Å². The molecule has 2 aromatic rings. The Morgan fingerprint density at radius 3 is 2.60 bits per heavy atom. The first-order valence-electron chi connectivity index (χ1n) is 6.09. The van der Waals surface area contributed by atoms with Crippen molar-refractivity contribution in [2.45, 2.75) is 19.1 Å². The Bertz CT molecular complexity index is 586. The lowest BCUT2D eigenvalue weighted by molar-refractivity contribution is 0.179. The van der Waals surface area contributed by atoms with E-state index in [0.29, 0.717) is 15.2 Å². The molecule has 0 bridgehead atoms. The van der Waals surface area contributed by atoms with Gasteiger partial charge >= 0.3 is 0 Å². The molecular weight excluding hydrogens is 345 g/mol. The van der Waals surface area contributed by atoms with Gasteiger partial charge in [0.1, 0.15) is 17.7 Å². The monoisotopic (exact) mass is 357 g/mol. The molecule has 0 aliphatic carbocycles. The Kier molecular flexibility index (Phi) is 5.02. The van der Waals surface area contributed by atoms with E-state index >= 15 is 0 Å². The fraction of sp³-hybridized carbons (Fsp3) is 0.200. The summed E-state index contributed by atoms with van der Waals surface area (Å²) in [5, 5.41) is 0.608. The molecule has 2 atom stereocenters. The van der Waals surface area contributed by atoms with E-state index in [2.05, 4.69) is 15.9 Å². The van der Waals surface area contributed by atoms with Gasteiger partial charge in [0.05, 0.1) is 0 Å². The number of rotatable bonds is 4. The normalized spacial score (nSPS) is 13.8. The van der Waals surface area contributed by atoms with Crippen LogP contribution in [0.2, 0.25) is 5.02 Å². The minimum absolute atomic E-state index is 0.268. The minimum atomic E-state index is -0.401. The maximum Gasteiger partial charge on any atom is 0.139 e. The van der Waals surface area contributed by atoms with Crippen LogP contribution < -0.4 is 10.5 Å². The molecule has 5 heteroatoms. The summed E-state index contributed by atoms with van der Waals surface area (Å²) in [6.45, 7) is 1.83. The van der Waals surface area contributed by atoms with Gasteiger partial charge in [-0.05, 0) is 36.8 Å². The lowest BCUT2D eigenvalue weighted by Crippen LogP contribution is -2.29. The number of ether oxygens (including phenoxy) is 1. The lowest BCUT2D eigenvalue weighted by Gasteiger charge is -2.23. The Hall–Kier alpha value is -1.10. The van der Waals surface area contributed by atoms with E-state index in [1.165, 1.54) is 12.1 Å². The molecule has 0 aliphatic heterocycles. The number of nitrogens with two attached hydrogens (primary N) is 1. The topological polar surface area (TPSA) is 35.2 Å². The average molecular weight is 359 g/mol. The van der Waals surface area contributed by atoms with Crippen LogP contribution in [-0.4, -0.2) is 6.04 Å². The van der Waals surface area contributed by atoms with E-state index in [0.717, 1.165) is 5.56 Å². The smallest absolute Gasteiger partial charge is 0.139 e. The fourth-order valence-electron chi connectivity index (χ4n) is 1.91. The summed E-state index contributed by atoms with van der Waals surface area (Å²) in [5.74, 6) is 0.0445. The molecule has 2 nitrogen and oxygen atoms in total. The molecule has 0 saturated heterocycles. The highest BCUT2D eigenvalue weighted by Crippen LogP contribution is 2.28. The van der Waals surface area contributed by atoms with Gasteiger partial charge in [-0.3, -0.25) is 0 Å². The zero-order valence-electron chi connectivity index (χ0n) is 10.8. The quantitative estimate of drug-likeness (QED) is 0.859. The molecule has 0 spiro atoms. The molecule has 2 rings (SSSR count). The number of hydrogen-bond donors (Lipinski definition) is 1. The predicted molar refractivity (Wildman–Crippen MR) is 82.6 cm³/mol. The summed E-state index contributed by atoms with van der Waals surface area (Å²) in [5.41, 5.74) is 6.82. The fourth-order valence-corrected chi connectivity index (χ4v) is 2.55. The highest BCUT2D eigenvalue weighted by atomic mass is 79.9. The lowest BCUT2D eigenvalue weighted by atomic mass is 10.0. The first-order valence-corrected chi connectivity index (χ1v) is 7.26. The van der Waals surface area contributed by atoms with Crippen molar-refractivity contribution >= 4 is 27.5 Å². The van der Waals surface area contributed by atoms with Crippen LogP contribution in [-0.2, 0) is 0 Å². The summed E-state index contributed by atoms with van der Waals surface area (Å²) >= 11 is 9.22. The molecule has 2 unspecified atom stereocenters. The Balaban J connectivity index is 2.30. The third kappa shape index (κ3) is 3.95. The van der Waals surface area contributed by atoms with Crippen LogP contribution in [0.4, 0.5) is 4.39 Å². The highest BCUT2D eigenvalue weighted by molar-refractivity contribution is 9.10. The van der Waals surface area contributed by atoms with Gasteiger partial charge in [-0.25, -0.2) is 4.39 Å². The van der Waals surface area contributed by atoms with Crippen molar-refractivity contribution in [3.8, 4) is 5.75 Å². The molecule has 0 heterocycles. The molecule has 2 aromatic carbocycles. The largest absolute Gasteiger partial charge is 0.484 e. The molecule has 0 aliphatic rings. The van der Waals surface area contributed by atoms with Gasteiger partial charge < -0.3 is 10.5 Å². The van der Waals surface area contributed by atoms with Crippen molar-refractivity contribution in [3.05, 3.63) is 63.3 Å². The molecule has 2 N–H and O–H groups in total. The maximum absolute atomic E-state index is 13.4. The van der Waals surface area contributed by atoms with Crippen LogP contribution in [0.5, 0.6) is 5.75 Å². The molecule has 0 amide bonds. The van der Waals surface area contributed by atoms with Crippen molar-refractivity contribution in [2.24, 2.45) is 5.73 Å². The van der Waals surface area contributed by atoms with E-state index in [4.69, 9.17) is 22.1 Å². The maximum atomic E-state index is 13.4. The molecule has 0 saturated carbocycles. The Morgan fingerprint density at radius 1 is 1.25 bits per heavy atom. The SMILES string of the molecule is CC(N)C(Oc1cc(F)cc(Br)c1)c1cccc(Cl)c1. The summed E-state index contributed by atoms with van der Waals surface area (Å²) in [6, 6.07) is 11.4. The molecule has 106 valence electrons. The highest BCUT2D eigenvalue weighted by Gasteiger charge is 2.19. The third-order valence-corrected chi connectivity index (χ3v) is 3.45. The van der Waals surface area contributed by atoms with E-state index < -0.39 is 6.10 Å². The van der Waals surface area contributed by atoms with Crippen molar-refractivity contribution in [1.29, 1.82) is 0 Å². The van der Waals surface area contributed by atoms with Crippen molar-refractivity contribution in [3.63, 3.8) is 0 Å². The Morgan fingerprint density at radius 2 is 2.00 bits per heavy atom. The van der Waals surface area contributed by atoms with Gasteiger partial charge in [-0.2, -0.15) is 0 Å². The summed E-state index contributed by atoms with van der Waals surface area (Å²) < 4.78 is 19.8. The zero-order chi connectivity index (χ0) is 14.7. The van der Waals surface area contributed by atoms with Gasteiger partial charge in [0.15, 0.2) is 0 Å². The third-order valence-electron chi connectivity index (χ3n) is 2.75. The molecule has 0 aromatic heterocycles. The van der Waals surface area contributed by atoms with Crippen LogP contribution in [0.15, 0.2) is 46.9 Å². The van der Waals surface area contributed by atoms with Gasteiger partial charge in [0, 0.05) is 21.6 Å². The van der Waals surface area contributed by atoms with E-state index in [-0.39, 0.29) is 11.9 Å². The van der Waals surface area contributed by atoms with Crippen LogP contribution >= 0.6 is 27.5 Å². The summed E-state index contributed by atoms with van der Waals surface area (Å²) in [4.78, 5) is 0. The first-order chi connectivity index (χ1) is 9.45. The van der Waals surface area contributed by atoms with E-state index in [1.54, 1.807) is 18.2 Å². The van der Waals surface area contributed by atoms with Gasteiger partial charge in [-0.1, -0.05) is 39.7 Å². The zero-order valence-corrected chi connectivity index (χ0v) is 13.2. The van der Waals surface area contributed by atoms with E-state index in [1.807, 2.05) is 19.1 Å². The van der Waals surface area contributed by atoms with Gasteiger partial charge in [0.2, 0.25) is 0 Å². The van der Waals surface area contributed by atoms with Gasteiger partial charge in [0.25, 0.3) is 0 Å². The van der Waals surface area contributed by atoms with Crippen molar-refractivity contribution < 1.29 is 9.13 Å². The molecular formula is C15H14BrClFNO. The number of halogens is 3.